The molecule has 6 nitrogen and oxygen atoms in total. The molecule has 1 aromatic carbocycles. The molecule has 1 N–H and O–H groups in total. The summed E-state index contributed by atoms with van der Waals surface area (Å²) in [5, 5.41) is 15.0. The summed E-state index contributed by atoms with van der Waals surface area (Å²) in [6.07, 6.45) is 5.68. The van der Waals surface area contributed by atoms with E-state index in [1.165, 1.54) is 22.7 Å². The lowest BCUT2D eigenvalue weighted by Gasteiger charge is -2.23. The number of hydrogen-bond acceptors (Lipinski definition) is 6. The maximum atomic E-state index is 12.9. The van der Waals surface area contributed by atoms with Gasteiger partial charge >= 0.3 is 5.97 Å². The molecule has 4 aromatic rings. The van der Waals surface area contributed by atoms with Crippen LogP contribution in [-0.4, -0.2) is 28.9 Å². The van der Waals surface area contributed by atoms with Crippen molar-refractivity contribution in [2.24, 2.45) is 0 Å². The van der Waals surface area contributed by atoms with Gasteiger partial charge in [-0.25, -0.2) is 13.9 Å². The van der Waals surface area contributed by atoms with E-state index in [9.17, 15) is 9.90 Å². The summed E-state index contributed by atoms with van der Waals surface area (Å²) >= 11 is 2.69. The van der Waals surface area contributed by atoms with E-state index in [1.807, 2.05) is 59.4 Å². The van der Waals surface area contributed by atoms with E-state index in [4.69, 9.17) is 9.47 Å². The number of aliphatic hydroxyl groups is 1. The summed E-state index contributed by atoms with van der Waals surface area (Å²) in [6, 6.07) is 17.0. The van der Waals surface area contributed by atoms with E-state index < -0.39 is 11.6 Å². The van der Waals surface area contributed by atoms with Crippen LogP contribution in [0.5, 0.6) is 5.75 Å². The van der Waals surface area contributed by atoms with E-state index in [0.717, 1.165) is 31.1 Å². The van der Waals surface area contributed by atoms with Crippen molar-refractivity contribution in [2.75, 3.05) is 13.2 Å². The van der Waals surface area contributed by atoms with Crippen LogP contribution in [0.4, 0.5) is 0 Å². The molecule has 0 radical (unpaired) electrons. The zero-order valence-corrected chi connectivity index (χ0v) is 22.7. The van der Waals surface area contributed by atoms with E-state index >= 15 is 0 Å². The molecule has 186 valence electrons. The molecule has 0 atom stereocenters. The Morgan fingerprint density at radius 1 is 1.00 bits per heavy atom. The predicted molar refractivity (Wildman–Crippen MR) is 133 cm³/mol. The van der Waals surface area contributed by atoms with E-state index in [1.54, 1.807) is 12.1 Å². The summed E-state index contributed by atoms with van der Waals surface area (Å²) in [6.45, 7) is 4.57. The Morgan fingerprint density at radius 2 is 1.69 bits per heavy atom. The zero-order chi connectivity index (χ0) is 23.8. The number of thiophene rings is 2. The predicted octanol–water partition coefficient (Wildman–Crippen LogP) is 1.55. The molecule has 0 spiro atoms. The van der Waals surface area contributed by atoms with Gasteiger partial charge in [-0.15, -0.1) is 22.7 Å². The normalized spacial score (nSPS) is 11.1. The van der Waals surface area contributed by atoms with Crippen LogP contribution in [0, 0.1) is 6.92 Å². The molecule has 0 fully saturated rings. The second kappa shape index (κ2) is 13.0. The number of para-hydroxylation sites is 1. The molecule has 3 heterocycles. The second-order valence-electron chi connectivity index (χ2n) is 7.90. The number of carbonyl (C=O) groups excluding carboxylic acids is 1. The average molecular weight is 578 g/mol. The molecule has 9 heteroatoms. The van der Waals surface area contributed by atoms with Crippen LogP contribution in [0.25, 0.3) is 0 Å². The number of ether oxygens (including phenoxy) is 2. The molecule has 0 amide bonds. The van der Waals surface area contributed by atoms with Crippen molar-refractivity contribution in [3.8, 4) is 5.75 Å². The molecular formula is C26H29BrN2O4S2. The number of carbonyl (C=O) groups is 1. The van der Waals surface area contributed by atoms with Gasteiger partial charge in [0, 0.05) is 19.8 Å². The number of hydrogen-bond donors (Lipinski definition) is 1. The maximum Gasteiger partial charge on any atom is 0.349 e. The first kappa shape index (κ1) is 27.1. The van der Waals surface area contributed by atoms with Gasteiger partial charge in [-0.3, -0.25) is 0 Å². The number of aromatic nitrogens is 2. The van der Waals surface area contributed by atoms with Gasteiger partial charge in [0.2, 0.25) is 5.60 Å². The number of benzene rings is 1. The van der Waals surface area contributed by atoms with Gasteiger partial charge in [0.15, 0.2) is 0 Å². The number of halogens is 1. The number of imidazole rings is 1. The molecule has 0 unspecified atom stereocenters. The molecule has 0 bridgehead atoms. The summed E-state index contributed by atoms with van der Waals surface area (Å²) in [5.41, 5.74) is -1.75. The van der Waals surface area contributed by atoms with Crippen molar-refractivity contribution in [1.29, 1.82) is 0 Å². The summed E-state index contributed by atoms with van der Waals surface area (Å²) in [7, 11) is 0. The number of nitrogens with zero attached hydrogens (tertiary/aromatic N) is 2. The Labute approximate surface area is 224 Å². The first-order chi connectivity index (χ1) is 16.6. The molecule has 4 rings (SSSR count). The molecule has 0 saturated heterocycles. The fourth-order valence-electron chi connectivity index (χ4n) is 3.75. The quantitative estimate of drug-likeness (QED) is 0.158. The van der Waals surface area contributed by atoms with E-state index in [-0.39, 0.29) is 23.6 Å². The Morgan fingerprint density at radius 3 is 2.31 bits per heavy atom. The van der Waals surface area contributed by atoms with Crippen LogP contribution in [0.2, 0.25) is 0 Å². The third kappa shape index (κ3) is 6.61. The number of aryl methyl sites for hydroxylation is 2. The van der Waals surface area contributed by atoms with Crippen molar-refractivity contribution < 1.29 is 40.9 Å². The van der Waals surface area contributed by atoms with Gasteiger partial charge in [-0.2, -0.15) is 0 Å². The molecule has 35 heavy (non-hydrogen) atoms. The smallest absolute Gasteiger partial charge is 0.349 e. The topological polar surface area (TPSA) is 64.6 Å². The maximum absolute atomic E-state index is 12.9. The third-order valence-corrected chi connectivity index (χ3v) is 7.60. The number of esters is 1. The summed E-state index contributed by atoms with van der Waals surface area (Å²) in [4.78, 5) is 14.0. The highest BCUT2D eigenvalue weighted by Crippen LogP contribution is 2.36. The lowest BCUT2D eigenvalue weighted by molar-refractivity contribution is -0.702. The highest BCUT2D eigenvalue weighted by molar-refractivity contribution is 7.12. The van der Waals surface area contributed by atoms with E-state index in [0.29, 0.717) is 22.8 Å². The highest BCUT2D eigenvalue weighted by Gasteiger charge is 2.43. The van der Waals surface area contributed by atoms with Crippen molar-refractivity contribution in [3.05, 3.63) is 93.3 Å². The van der Waals surface area contributed by atoms with Crippen LogP contribution >= 0.6 is 22.7 Å². The zero-order valence-electron chi connectivity index (χ0n) is 19.5. The second-order valence-corrected chi connectivity index (χ2v) is 9.80. The van der Waals surface area contributed by atoms with Gasteiger partial charge in [0.1, 0.15) is 18.1 Å². The Hall–Kier alpha value is -2.46. The van der Waals surface area contributed by atoms with Gasteiger partial charge in [-0.05, 0) is 35.0 Å². The van der Waals surface area contributed by atoms with Gasteiger partial charge < -0.3 is 31.6 Å². The fourth-order valence-corrected chi connectivity index (χ4v) is 5.47. The summed E-state index contributed by atoms with van der Waals surface area (Å²) in [5.74, 6) is 1.40. The Kier molecular flexibility index (Phi) is 10.1. The van der Waals surface area contributed by atoms with Crippen LogP contribution in [0.3, 0.4) is 0 Å². The third-order valence-electron chi connectivity index (χ3n) is 5.64. The monoisotopic (exact) mass is 576 g/mol. The van der Waals surface area contributed by atoms with Crippen molar-refractivity contribution in [1.82, 2.24) is 4.57 Å². The Balaban J connectivity index is 0.00000342. The molecule has 0 aliphatic rings. The largest absolute Gasteiger partial charge is 1.00 e. The lowest BCUT2D eigenvalue weighted by atomic mass is 10.0. The standard InChI is InChI=1S/C26H29N2O4S2.BrH/c1-21-27(13-7-17-31-22-9-3-2-4-10-22)15-16-28(21)14-8-18-32-25(29)26(30,23-11-5-19-33-23)24-12-6-20-34-24;/h2-6,9-12,15-16,19-20,30H,7-8,13-14,17-18H2,1H3;1H/q+1;/p-1. The minimum Gasteiger partial charge on any atom is -1.00 e. The van der Waals surface area contributed by atoms with Crippen molar-refractivity contribution in [3.63, 3.8) is 0 Å². The molecule has 0 saturated carbocycles. The first-order valence-electron chi connectivity index (χ1n) is 11.3. The van der Waals surface area contributed by atoms with Crippen molar-refractivity contribution >= 4 is 28.6 Å². The Bertz CT molecular complexity index is 1130. The molecular weight excluding hydrogens is 548 g/mol. The minimum absolute atomic E-state index is 0. The molecule has 3 aromatic heterocycles. The van der Waals surface area contributed by atoms with Crippen molar-refractivity contribution in [2.45, 2.75) is 38.5 Å². The number of rotatable bonds is 12. The summed E-state index contributed by atoms with van der Waals surface area (Å²) < 4.78 is 15.7. The molecule has 0 aliphatic carbocycles. The van der Waals surface area contributed by atoms with Crippen LogP contribution in [0.15, 0.2) is 77.8 Å². The lowest BCUT2D eigenvalue weighted by Crippen LogP contribution is -3.00. The highest BCUT2D eigenvalue weighted by atomic mass is 79.9. The van der Waals surface area contributed by atoms with Crippen LogP contribution in [-0.2, 0) is 28.2 Å². The van der Waals surface area contributed by atoms with Crippen LogP contribution in [0.1, 0.15) is 28.4 Å². The SMILES string of the molecule is Cc1n(CCCOC(=O)C(O)(c2cccs2)c2cccs2)cc[n+]1CCCOc1ccccc1.[Br-]. The average Bonchev–Trinajstić information content (AvgIpc) is 3.64. The van der Waals surface area contributed by atoms with Crippen LogP contribution < -0.4 is 26.3 Å². The minimum atomic E-state index is -1.75. The van der Waals surface area contributed by atoms with E-state index in [2.05, 4.69) is 22.3 Å². The first-order valence-corrected chi connectivity index (χ1v) is 13.1. The van der Waals surface area contributed by atoms with Gasteiger partial charge in [-0.1, -0.05) is 30.3 Å². The van der Waals surface area contributed by atoms with Gasteiger partial charge in [0.25, 0.3) is 5.82 Å². The fraction of sp³-hybridized carbons (Fsp3) is 0.308. The molecule has 0 aliphatic heterocycles. The van der Waals surface area contributed by atoms with Gasteiger partial charge in [0.05, 0.1) is 36.1 Å².